The second kappa shape index (κ2) is 6.35. The van der Waals surface area contributed by atoms with Gasteiger partial charge in [-0.05, 0) is 37.3 Å². The molecule has 1 aliphatic carbocycles. The highest BCUT2D eigenvalue weighted by molar-refractivity contribution is 7.89. The molecule has 0 aromatic heterocycles. The van der Waals surface area contributed by atoms with Gasteiger partial charge in [0.25, 0.3) is 15.9 Å². The van der Waals surface area contributed by atoms with E-state index >= 15 is 0 Å². The molecule has 3 heterocycles. The number of carbonyl (C=O) groups excluding carboxylic acids is 3. The summed E-state index contributed by atoms with van der Waals surface area (Å²) in [4.78, 5) is 40.4. The first-order chi connectivity index (χ1) is 14.7. The summed E-state index contributed by atoms with van der Waals surface area (Å²) in [6.07, 6.45) is 2.47. The summed E-state index contributed by atoms with van der Waals surface area (Å²) in [5.41, 5.74) is -1.29. The van der Waals surface area contributed by atoms with E-state index in [0.717, 1.165) is 16.5 Å². The van der Waals surface area contributed by atoms with Crippen LogP contribution in [0.15, 0.2) is 71.6 Å². The van der Waals surface area contributed by atoms with Gasteiger partial charge in [0, 0.05) is 0 Å². The van der Waals surface area contributed by atoms with Crippen molar-refractivity contribution in [2.24, 2.45) is 11.8 Å². The Kier molecular flexibility index (Phi) is 4.03. The zero-order valence-corrected chi connectivity index (χ0v) is 17.2. The Balaban J connectivity index is 1.63. The highest BCUT2D eigenvalue weighted by Crippen LogP contribution is 2.50. The molecule has 2 fully saturated rings. The van der Waals surface area contributed by atoms with Gasteiger partial charge in [0.15, 0.2) is 5.60 Å². The summed E-state index contributed by atoms with van der Waals surface area (Å²) in [5, 5.41) is 11.2. The molecule has 0 saturated carbocycles. The number of benzene rings is 2. The number of piperidine rings is 1. The van der Waals surface area contributed by atoms with Gasteiger partial charge in [-0.1, -0.05) is 42.0 Å². The Hall–Kier alpha value is -3.30. The molecule has 0 spiro atoms. The van der Waals surface area contributed by atoms with Crippen LogP contribution in [0.25, 0.3) is 0 Å². The van der Waals surface area contributed by atoms with Gasteiger partial charge in [0.05, 0.1) is 28.5 Å². The van der Waals surface area contributed by atoms with Gasteiger partial charge >= 0.3 is 0 Å². The molecule has 2 saturated heterocycles. The SMILES string of the molecule is Cc1ccc(S(=O)(=O)N2C(=O)[C@@]3(O)C=C[C@@H]2[C@@H]2C(=O)N(c4ccccc4)C(=O)[C@@H]23)cc1. The zero-order chi connectivity index (χ0) is 22.1. The lowest BCUT2D eigenvalue weighted by molar-refractivity contribution is -0.164. The van der Waals surface area contributed by atoms with E-state index in [0.29, 0.717) is 9.99 Å². The van der Waals surface area contributed by atoms with Crippen LogP contribution in [0.4, 0.5) is 5.69 Å². The average molecular weight is 438 g/mol. The topological polar surface area (TPSA) is 112 Å². The number of nitrogens with zero attached hydrogens (tertiary/aromatic N) is 2. The van der Waals surface area contributed by atoms with Crippen molar-refractivity contribution < 1.29 is 27.9 Å². The number of rotatable bonds is 3. The van der Waals surface area contributed by atoms with Crippen molar-refractivity contribution in [1.82, 2.24) is 4.31 Å². The Labute approximate surface area is 178 Å². The van der Waals surface area contributed by atoms with E-state index in [2.05, 4.69) is 0 Å². The Bertz CT molecular complexity index is 1250. The fraction of sp³-hybridized carbons (Fsp3) is 0.227. The second-order valence-corrected chi connectivity index (χ2v) is 9.76. The van der Waals surface area contributed by atoms with Crippen molar-refractivity contribution in [1.29, 1.82) is 0 Å². The summed E-state index contributed by atoms with van der Waals surface area (Å²) >= 11 is 0. The smallest absolute Gasteiger partial charge is 0.273 e. The first-order valence-corrected chi connectivity index (χ1v) is 11.1. The Morgan fingerprint density at radius 1 is 0.935 bits per heavy atom. The summed E-state index contributed by atoms with van der Waals surface area (Å²) in [6, 6.07) is 12.9. The largest absolute Gasteiger partial charge is 0.375 e. The van der Waals surface area contributed by atoms with E-state index in [9.17, 15) is 27.9 Å². The lowest BCUT2D eigenvalue weighted by atomic mass is 9.68. The lowest BCUT2D eigenvalue weighted by Crippen LogP contribution is -2.69. The predicted octanol–water partition coefficient (Wildman–Crippen LogP) is 1.00. The number of para-hydroxylation sites is 1. The average Bonchev–Trinajstić information content (AvgIpc) is 3.02. The number of amides is 3. The van der Waals surface area contributed by atoms with Crippen LogP contribution in [0, 0.1) is 18.8 Å². The summed E-state index contributed by atoms with van der Waals surface area (Å²) in [5.74, 6) is -5.09. The quantitative estimate of drug-likeness (QED) is 0.565. The number of hydrogen-bond donors (Lipinski definition) is 1. The number of anilines is 1. The molecular formula is C22H18N2O6S. The highest BCUT2D eigenvalue weighted by atomic mass is 32.2. The summed E-state index contributed by atoms with van der Waals surface area (Å²) < 4.78 is 27.2. The van der Waals surface area contributed by atoms with Crippen LogP contribution in [-0.4, -0.2) is 47.2 Å². The molecule has 158 valence electrons. The number of imide groups is 1. The molecule has 0 unspecified atom stereocenters. The van der Waals surface area contributed by atoms with E-state index < -0.39 is 51.2 Å². The van der Waals surface area contributed by atoms with Gasteiger partial charge < -0.3 is 5.11 Å². The molecule has 4 aliphatic rings. The molecule has 8 nitrogen and oxygen atoms in total. The van der Waals surface area contributed by atoms with Gasteiger partial charge in [-0.3, -0.25) is 14.4 Å². The van der Waals surface area contributed by atoms with Crippen LogP contribution in [0.2, 0.25) is 0 Å². The van der Waals surface area contributed by atoms with Crippen LogP contribution in [0.1, 0.15) is 5.56 Å². The van der Waals surface area contributed by atoms with Crippen LogP contribution < -0.4 is 4.90 Å². The van der Waals surface area contributed by atoms with Gasteiger partial charge in [-0.2, -0.15) is 0 Å². The van der Waals surface area contributed by atoms with E-state index in [1.807, 2.05) is 0 Å². The number of aryl methyl sites for hydroxylation is 1. The fourth-order valence-corrected chi connectivity index (χ4v) is 6.23. The summed E-state index contributed by atoms with van der Waals surface area (Å²) in [6.45, 7) is 1.79. The molecule has 0 radical (unpaired) electrons. The van der Waals surface area contributed by atoms with E-state index in [1.54, 1.807) is 49.4 Å². The van der Waals surface area contributed by atoms with Gasteiger partial charge in [0.1, 0.15) is 0 Å². The normalized spacial score (nSPS) is 29.6. The van der Waals surface area contributed by atoms with Crippen molar-refractivity contribution in [3.05, 3.63) is 72.3 Å². The molecule has 3 amide bonds. The molecule has 9 heteroatoms. The molecule has 2 aromatic carbocycles. The molecule has 3 aliphatic heterocycles. The van der Waals surface area contributed by atoms with Crippen molar-refractivity contribution in [3.63, 3.8) is 0 Å². The van der Waals surface area contributed by atoms with E-state index in [-0.39, 0.29) is 4.90 Å². The maximum absolute atomic E-state index is 13.3. The fourth-order valence-electron chi connectivity index (χ4n) is 4.63. The van der Waals surface area contributed by atoms with Crippen molar-refractivity contribution in [2.45, 2.75) is 23.5 Å². The third-order valence-electron chi connectivity index (χ3n) is 6.15. The van der Waals surface area contributed by atoms with Crippen molar-refractivity contribution in [2.75, 3.05) is 4.90 Å². The lowest BCUT2D eigenvalue weighted by Gasteiger charge is -2.48. The first-order valence-electron chi connectivity index (χ1n) is 9.68. The standard InChI is InChI=1S/C22H18N2O6S/c1-13-7-9-15(10-8-13)31(29,30)24-16-11-12-22(28,21(24)27)18-17(16)19(25)23(20(18)26)14-5-3-2-4-6-14/h2-12,16-18,28H,1H3/t16-,17+,18-,22-/m1/s1. The molecule has 2 aromatic rings. The number of hydrogen-bond acceptors (Lipinski definition) is 6. The number of fused-ring (bicyclic) bond motifs is 1. The maximum atomic E-state index is 13.3. The molecule has 2 bridgehead atoms. The molecule has 31 heavy (non-hydrogen) atoms. The highest BCUT2D eigenvalue weighted by Gasteiger charge is 2.70. The van der Waals surface area contributed by atoms with Gasteiger partial charge in [-0.25, -0.2) is 17.6 Å². The minimum Gasteiger partial charge on any atom is -0.375 e. The van der Waals surface area contributed by atoms with Crippen LogP contribution >= 0.6 is 0 Å². The summed E-state index contributed by atoms with van der Waals surface area (Å²) in [7, 11) is -4.37. The Morgan fingerprint density at radius 2 is 1.58 bits per heavy atom. The number of sulfonamides is 1. The monoisotopic (exact) mass is 438 g/mol. The van der Waals surface area contributed by atoms with Crippen molar-refractivity contribution in [3.8, 4) is 0 Å². The van der Waals surface area contributed by atoms with E-state index in [1.165, 1.54) is 18.2 Å². The molecule has 4 atom stereocenters. The molecule has 1 N–H and O–H groups in total. The van der Waals surface area contributed by atoms with Gasteiger partial charge in [0.2, 0.25) is 11.8 Å². The van der Waals surface area contributed by atoms with Crippen LogP contribution in [0.3, 0.4) is 0 Å². The maximum Gasteiger partial charge on any atom is 0.273 e. The minimum atomic E-state index is -4.37. The zero-order valence-electron chi connectivity index (χ0n) is 16.4. The number of aliphatic hydroxyl groups is 1. The molecular weight excluding hydrogens is 420 g/mol. The number of carbonyl (C=O) groups is 3. The van der Waals surface area contributed by atoms with Crippen molar-refractivity contribution >= 4 is 33.4 Å². The van der Waals surface area contributed by atoms with Gasteiger partial charge in [-0.15, -0.1) is 0 Å². The first kappa shape index (κ1) is 19.7. The van der Waals surface area contributed by atoms with E-state index in [4.69, 9.17) is 0 Å². The van der Waals surface area contributed by atoms with Crippen LogP contribution in [-0.2, 0) is 24.4 Å². The molecule has 6 rings (SSSR count). The third-order valence-corrected chi connectivity index (χ3v) is 7.94. The second-order valence-electron chi connectivity index (χ2n) is 7.95. The Morgan fingerprint density at radius 3 is 2.23 bits per heavy atom. The predicted molar refractivity (Wildman–Crippen MR) is 109 cm³/mol. The van der Waals surface area contributed by atoms with Crippen LogP contribution in [0.5, 0.6) is 0 Å². The third kappa shape index (κ3) is 2.50. The minimum absolute atomic E-state index is 0.135.